The highest BCUT2D eigenvalue weighted by atomic mass is 79.9. The van der Waals surface area contributed by atoms with Gasteiger partial charge in [0, 0.05) is 6.20 Å². The number of nitrogens with two attached hydrogens (primary N) is 1. The SMILES string of the molecule is CCc1[nH]nc(C(=O)Nc2ncccc2Br)c1N. The van der Waals surface area contributed by atoms with Crippen molar-refractivity contribution >= 4 is 33.3 Å². The van der Waals surface area contributed by atoms with Crippen LogP contribution in [0.2, 0.25) is 0 Å². The second-order valence-corrected chi connectivity index (χ2v) is 4.46. The Kier molecular flexibility index (Phi) is 3.61. The average molecular weight is 310 g/mol. The van der Waals surface area contributed by atoms with Crippen molar-refractivity contribution < 1.29 is 4.79 Å². The Hall–Kier alpha value is -1.89. The van der Waals surface area contributed by atoms with Crippen LogP contribution in [0.5, 0.6) is 0 Å². The zero-order chi connectivity index (χ0) is 13.1. The molecule has 2 rings (SSSR count). The zero-order valence-corrected chi connectivity index (χ0v) is 11.3. The number of anilines is 2. The fourth-order valence-corrected chi connectivity index (χ4v) is 1.83. The Labute approximate surface area is 112 Å². The number of carbonyl (C=O) groups is 1. The maximum absolute atomic E-state index is 12.0. The number of amides is 1. The number of hydrogen-bond donors (Lipinski definition) is 3. The smallest absolute Gasteiger partial charge is 0.279 e. The van der Waals surface area contributed by atoms with Crippen LogP contribution in [0.1, 0.15) is 23.1 Å². The van der Waals surface area contributed by atoms with E-state index in [0.717, 1.165) is 5.69 Å². The lowest BCUT2D eigenvalue weighted by atomic mass is 10.2. The Morgan fingerprint density at radius 1 is 1.61 bits per heavy atom. The van der Waals surface area contributed by atoms with Crippen LogP contribution in [0.25, 0.3) is 0 Å². The van der Waals surface area contributed by atoms with Crippen molar-refractivity contribution in [2.45, 2.75) is 13.3 Å². The van der Waals surface area contributed by atoms with Crippen LogP contribution < -0.4 is 11.1 Å². The first-order chi connectivity index (χ1) is 8.63. The summed E-state index contributed by atoms with van der Waals surface area (Å²) in [5.74, 6) is 0.0470. The quantitative estimate of drug-likeness (QED) is 0.807. The molecule has 6 nitrogen and oxygen atoms in total. The van der Waals surface area contributed by atoms with Gasteiger partial charge in [0.05, 0.1) is 15.9 Å². The molecule has 0 aromatic carbocycles. The first-order valence-electron chi connectivity index (χ1n) is 5.38. The van der Waals surface area contributed by atoms with Gasteiger partial charge in [-0.1, -0.05) is 6.92 Å². The molecule has 2 aromatic heterocycles. The number of aromatic nitrogens is 3. The third-order valence-corrected chi connectivity index (χ3v) is 3.08. The van der Waals surface area contributed by atoms with Gasteiger partial charge in [0.25, 0.3) is 5.91 Å². The summed E-state index contributed by atoms with van der Waals surface area (Å²) in [4.78, 5) is 16.0. The van der Waals surface area contributed by atoms with Gasteiger partial charge in [-0.05, 0) is 34.5 Å². The van der Waals surface area contributed by atoms with Crippen LogP contribution in [0.4, 0.5) is 11.5 Å². The van der Waals surface area contributed by atoms with E-state index in [4.69, 9.17) is 5.73 Å². The first-order valence-corrected chi connectivity index (χ1v) is 6.17. The molecule has 0 aliphatic rings. The minimum Gasteiger partial charge on any atom is -0.395 e. The zero-order valence-electron chi connectivity index (χ0n) is 9.70. The highest BCUT2D eigenvalue weighted by Crippen LogP contribution is 2.20. The van der Waals surface area contributed by atoms with Crippen molar-refractivity contribution in [3.8, 4) is 0 Å². The molecule has 2 heterocycles. The Morgan fingerprint density at radius 2 is 2.39 bits per heavy atom. The number of carbonyl (C=O) groups excluding carboxylic acids is 1. The molecule has 0 aliphatic carbocycles. The molecule has 1 amide bonds. The lowest BCUT2D eigenvalue weighted by molar-refractivity contribution is 0.102. The highest BCUT2D eigenvalue weighted by molar-refractivity contribution is 9.10. The summed E-state index contributed by atoms with van der Waals surface area (Å²) in [6.07, 6.45) is 2.28. The van der Waals surface area contributed by atoms with E-state index in [2.05, 4.69) is 36.4 Å². The molecular formula is C11H12BrN5O. The van der Waals surface area contributed by atoms with E-state index in [1.165, 1.54) is 0 Å². The molecule has 0 atom stereocenters. The summed E-state index contributed by atoms with van der Waals surface area (Å²) in [6, 6.07) is 3.55. The minimum atomic E-state index is -0.386. The van der Waals surface area contributed by atoms with E-state index >= 15 is 0 Å². The third-order valence-electron chi connectivity index (χ3n) is 2.44. The molecule has 0 fully saturated rings. The number of nitrogen functional groups attached to an aromatic ring is 1. The topological polar surface area (TPSA) is 96.7 Å². The number of hydrogen-bond acceptors (Lipinski definition) is 4. The molecule has 0 saturated heterocycles. The van der Waals surface area contributed by atoms with E-state index in [1.807, 2.05) is 6.92 Å². The lowest BCUT2D eigenvalue weighted by Gasteiger charge is -2.04. The van der Waals surface area contributed by atoms with Gasteiger partial charge in [-0.2, -0.15) is 5.10 Å². The summed E-state index contributed by atoms with van der Waals surface area (Å²) < 4.78 is 0.697. The number of nitrogens with one attached hydrogen (secondary N) is 2. The third kappa shape index (κ3) is 2.35. The number of H-pyrrole nitrogens is 1. The van der Waals surface area contributed by atoms with Crippen LogP contribution in [0, 0.1) is 0 Å². The van der Waals surface area contributed by atoms with Gasteiger partial charge in [0.2, 0.25) is 0 Å². The lowest BCUT2D eigenvalue weighted by Crippen LogP contribution is -2.15. The molecule has 0 aliphatic heterocycles. The molecule has 0 bridgehead atoms. The number of aromatic amines is 1. The largest absolute Gasteiger partial charge is 0.395 e. The molecular weight excluding hydrogens is 298 g/mol. The molecule has 94 valence electrons. The van der Waals surface area contributed by atoms with Gasteiger partial charge in [-0.15, -0.1) is 0 Å². The van der Waals surface area contributed by atoms with Gasteiger partial charge < -0.3 is 11.1 Å². The highest BCUT2D eigenvalue weighted by Gasteiger charge is 2.17. The second-order valence-electron chi connectivity index (χ2n) is 3.61. The predicted octanol–water partition coefficient (Wildman–Crippen LogP) is 1.96. The van der Waals surface area contributed by atoms with E-state index in [1.54, 1.807) is 18.3 Å². The predicted molar refractivity (Wildman–Crippen MR) is 72.3 cm³/mol. The van der Waals surface area contributed by atoms with Crippen LogP contribution in [0.3, 0.4) is 0 Å². The molecule has 18 heavy (non-hydrogen) atoms. The number of nitrogens with zero attached hydrogens (tertiary/aromatic N) is 2. The van der Waals surface area contributed by atoms with Crippen molar-refractivity contribution in [2.24, 2.45) is 0 Å². The first kappa shape index (κ1) is 12.6. The van der Waals surface area contributed by atoms with Crippen molar-refractivity contribution in [1.82, 2.24) is 15.2 Å². The normalized spacial score (nSPS) is 10.3. The van der Waals surface area contributed by atoms with Gasteiger partial charge in [0.15, 0.2) is 5.69 Å². The fourth-order valence-electron chi connectivity index (χ4n) is 1.47. The van der Waals surface area contributed by atoms with Crippen molar-refractivity contribution in [2.75, 3.05) is 11.1 Å². The Morgan fingerprint density at radius 3 is 3.00 bits per heavy atom. The van der Waals surface area contributed by atoms with Crippen LogP contribution >= 0.6 is 15.9 Å². The number of halogens is 1. The molecule has 0 spiro atoms. The fraction of sp³-hybridized carbons (Fsp3) is 0.182. The molecule has 0 saturated carbocycles. The number of pyridine rings is 1. The van der Waals surface area contributed by atoms with Gasteiger partial charge >= 0.3 is 0 Å². The molecule has 4 N–H and O–H groups in total. The van der Waals surface area contributed by atoms with E-state index in [9.17, 15) is 4.79 Å². The summed E-state index contributed by atoms with van der Waals surface area (Å²) in [6.45, 7) is 1.93. The van der Waals surface area contributed by atoms with E-state index in [-0.39, 0.29) is 11.6 Å². The average Bonchev–Trinajstić information content (AvgIpc) is 2.73. The molecule has 7 heteroatoms. The standard InChI is InChI=1S/C11H12BrN5O/c1-2-7-8(13)9(17-16-7)11(18)15-10-6(12)4-3-5-14-10/h3-5H,2,13H2,1H3,(H,16,17)(H,14,15,18). The van der Waals surface area contributed by atoms with Gasteiger partial charge in [0.1, 0.15) is 5.82 Å². The van der Waals surface area contributed by atoms with Crippen LogP contribution in [-0.4, -0.2) is 21.1 Å². The molecule has 0 unspecified atom stereocenters. The van der Waals surface area contributed by atoms with Crippen molar-refractivity contribution in [3.05, 3.63) is 34.2 Å². The Bertz CT molecular complexity index is 581. The summed E-state index contributed by atoms with van der Waals surface area (Å²) >= 11 is 3.30. The maximum atomic E-state index is 12.0. The summed E-state index contributed by atoms with van der Waals surface area (Å²) in [5, 5.41) is 9.29. The van der Waals surface area contributed by atoms with Gasteiger partial charge in [-0.25, -0.2) is 4.98 Å². The number of aryl methyl sites for hydroxylation is 1. The molecule has 2 aromatic rings. The van der Waals surface area contributed by atoms with Crippen molar-refractivity contribution in [3.63, 3.8) is 0 Å². The van der Waals surface area contributed by atoms with E-state index in [0.29, 0.717) is 22.4 Å². The van der Waals surface area contributed by atoms with Crippen LogP contribution in [0.15, 0.2) is 22.8 Å². The van der Waals surface area contributed by atoms with Gasteiger partial charge in [-0.3, -0.25) is 9.89 Å². The summed E-state index contributed by atoms with van der Waals surface area (Å²) in [7, 11) is 0. The number of rotatable bonds is 3. The van der Waals surface area contributed by atoms with Crippen molar-refractivity contribution in [1.29, 1.82) is 0 Å². The van der Waals surface area contributed by atoms with Crippen LogP contribution in [-0.2, 0) is 6.42 Å². The summed E-state index contributed by atoms with van der Waals surface area (Å²) in [5.41, 5.74) is 7.13. The maximum Gasteiger partial charge on any atom is 0.279 e. The second kappa shape index (κ2) is 5.18. The minimum absolute atomic E-state index is 0.185. The monoisotopic (exact) mass is 309 g/mol. The Balaban J connectivity index is 2.22. The van der Waals surface area contributed by atoms with E-state index < -0.39 is 0 Å². The molecule has 0 radical (unpaired) electrons.